The molecular formula is C11H16FNO4S. The molecule has 0 saturated carbocycles. The van der Waals surface area contributed by atoms with E-state index in [1.54, 1.807) is 0 Å². The highest BCUT2D eigenvalue weighted by Crippen LogP contribution is 2.15. The predicted molar refractivity (Wildman–Crippen MR) is 64.2 cm³/mol. The molecule has 0 radical (unpaired) electrons. The lowest BCUT2D eigenvalue weighted by Crippen LogP contribution is -2.34. The summed E-state index contributed by atoms with van der Waals surface area (Å²) in [7, 11) is -2.35. The van der Waals surface area contributed by atoms with Crippen LogP contribution in [0.15, 0.2) is 23.1 Å². The third-order valence-electron chi connectivity index (χ3n) is 2.29. The first-order chi connectivity index (χ1) is 8.36. The lowest BCUT2D eigenvalue weighted by atomic mass is 10.2. The molecule has 0 heterocycles. The van der Waals surface area contributed by atoms with E-state index in [0.29, 0.717) is 5.56 Å². The Bertz CT molecular complexity index is 504. The number of halogens is 1. The second kappa shape index (κ2) is 6.24. The average molecular weight is 277 g/mol. The number of methoxy groups -OCH3 is 1. The first kappa shape index (κ1) is 15.0. The van der Waals surface area contributed by atoms with Gasteiger partial charge in [-0.15, -0.1) is 0 Å². The molecule has 1 aromatic rings. The number of aliphatic hydroxyl groups is 1. The zero-order valence-corrected chi connectivity index (χ0v) is 11.0. The number of nitrogens with one attached hydrogen (secondary N) is 1. The summed E-state index contributed by atoms with van der Waals surface area (Å²) in [4.78, 5) is -0.00600. The Morgan fingerprint density at radius 2 is 2.17 bits per heavy atom. The summed E-state index contributed by atoms with van der Waals surface area (Å²) in [5, 5.41) is 9.36. The molecule has 0 aliphatic carbocycles. The van der Waals surface area contributed by atoms with E-state index in [1.165, 1.54) is 20.1 Å². The van der Waals surface area contributed by atoms with E-state index < -0.39 is 21.9 Å². The lowest BCUT2D eigenvalue weighted by Gasteiger charge is -2.12. The van der Waals surface area contributed by atoms with Gasteiger partial charge in [-0.1, -0.05) is 0 Å². The Labute approximate surface area is 106 Å². The molecule has 0 aliphatic rings. The molecule has 0 aliphatic heterocycles. The summed E-state index contributed by atoms with van der Waals surface area (Å²) in [5.41, 5.74) is 0.309. The summed E-state index contributed by atoms with van der Waals surface area (Å²) in [6.45, 7) is 1.38. The molecule has 7 heteroatoms. The van der Waals surface area contributed by atoms with Crippen molar-refractivity contribution in [3.63, 3.8) is 0 Å². The zero-order valence-electron chi connectivity index (χ0n) is 10.2. The minimum atomic E-state index is -3.75. The average Bonchev–Trinajstić information content (AvgIpc) is 2.26. The fraction of sp³-hybridized carbons (Fsp3) is 0.455. The van der Waals surface area contributed by atoms with Gasteiger partial charge in [0.25, 0.3) is 0 Å². The van der Waals surface area contributed by atoms with Gasteiger partial charge >= 0.3 is 0 Å². The fourth-order valence-electron chi connectivity index (χ4n) is 1.45. The van der Waals surface area contributed by atoms with E-state index in [1.807, 2.05) is 0 Å². The highest BCUT2D eigenvalue weighted by atomic mass is 32.2. The molecule has 1 aromatic carbocycles. The van der Waals surface area contributed by atoms with Gasteiger partial charge in [-0.05, 0) is 30.7 Å². The number of aliphatic hydroxyl groups excluding tert-OH is 1. The van der Waals surface area contributed by atoms with Gasteiger partial charge in [-0.3, -0.25) is 0 Å². The van der Waals surface area contributed by atoms with Crippen LogP contribution in [-0.2, 0) is 14.8 Å². The molecule has 1 atom stereocenters. The maximum absolute atomic E-state index is 12.9. The second-order valence-electron chi connectivity index (χ2n) is 3.87. The van der Waals surface area contributed by atoms with Crippen molar-refractivity contribution in [2.45, 2.75) is 17.9 Å². The molecule has 5 nitrogen and oxygen atoms in total. The number of benzene rings is 1. The van der Waals surface area contributed by atoms with Crippen molar-refractivity contribution in [2.24, 2.45) is 0 Å². The number of hydrogen-bond donors (Lipinski definition) is 2. The summed E-state index contributed by atoms with van der Waals surface area (Å²) < 4.78 is 43.6. The maximum Gasteiger partial charge on any atom is 0.240 e. The van der Waals surface area contributed by atoms with Crippen LogP contribution in [0.4, 0.5) is 4.39 Å². The normalized spacial score (nSPS) is 13.6. The van der Waals surface area contributed by atoms with Crippen molar-refractivity contribution in [1.82, 2.24) is 4.72 Å². The topological polar surface area (TPSA) is 75.6 Å². The zero-order chi connectivity index (χ0) is 13.8. The third kappa shape index (κ3) is 4.02. The molecule has 0 aromatic heterocycles. The van der Waals surface area contributed by atoms with Crippen LogP contribution in [0, 0.1) is 12.7 Å². The van der Waals surface area contributed by atoms with E-state index in [4.69, 9.17) is 0 Å². The molecule has 0 spiro atoms. The van der Waals surface area contributed by atoms with Gasteiger partial charge in [-0.2, -0.15) is 0 Å². The van der Waals surface area contributed by atoms with E-state index >= 15 is 0 Å². The van der Waals surface area contributed by atoms with Gasteiger partial charge in [0.05, 0.1) is 17.6 Å². The summed E-state index contributed by atoms with van der Waals surface area (Å²) >= 11 is 0. The molecule has 0 saturated heterocycles. The van der Waals surface area contributed by atoms with Crippen LogP contribution in [-0.4, -0.2) is 39.9 Å². The number of ether oxygens (including phenoxy) is 1. The molecular weight excluding hydrogens is 261 g/mol. The number of sulfonamides is 1. The van der Waals surface area contributed by atoms with Crippen LogP contribution < -0.4 is 4.72 Å². The van der Waals surface area contributed by atoms with Crippen LogP contribution in [0.5, 0.6) is 0 Å². The summed E-state index contributed by atoms with van der Waals surface area (Å²) in [5.74, 6) is -0.495. The monoisotopic (exact) mass is 277 g/mol. The third-order valence-corrected chi connectivity index (χ3v) is 3.88. The molecule has 0 amide bonds. The molecule has 1 unspecified atom stereocenters. The van der Waals surface area contributed by atoms with Crippen LogP contribution in [0.3, 0.4) is 0 Å². The largest absolute Gasteiger partial charge is 0.389 e. The van der Waals surface area contributed by atoms with Crippen molar-refractivity contribution in [3.05, 3.63) is 29.6 Å². The maximum atomic E-state index is 12.9. The van der Waals surface area contributed by atoms with Gasteiger partial charge in [0.2, 0.25) is 10.0 Å². The van der Waals surface area contributed by atoms with Gasteiger partial charge in [-0.25, -0.2) is 17.5 Å². The quantitative estimate of drug-likeness (QED) is 0.790. The molecule has 0 bridgehead atoms. The summed E-state index contributed by atoms with van der Waals surface area (Å²) in [6, 6.07) is 3.41. The summed E-state index contributed by atoms with van der Waals surface area (Å²) in [6.07, 6.45) is -0.925. The first-order valence-corrected chi connectivity index (χ1v) is 6.78. The predicted octanol–water partition coefficient (Wildman–Crippen LogP) is 0.420. The number of rotatable bonds is 6. The van der Waals surface area contributed by atoms with Gasteiger partial charge in [0.1, 0.15) is 5.82 Å². The molecule has 18 heavy (non-hydrogen) atoms. The van der Waals surface area contributed by atoms with E-state index in [2.05, 4.69) is 9.46 Å². The van der Waals surface area contributed by atoms with Crippen molar-refractivity contribution in [3.8, 4) is 0 Å². The number of hydrogen-bond acceptors (Lipinski definition) is 4. The molecule has 102 valence electrons. The first-order valence-electron chi connectivity index (χ1n) is 5.29. The van der Waals surface area contributed by atoms with E-state index in [-0.39, 0.29) is 18.0 Å². The van der Waals surface area contributed by atoms with Crippen molar-refractivity contribution < 1.29 is 22.7 Å². The smallest absolute Gasteiger partial charge is 0.240 e. The van der Waals surface area contributed by atoms with Crippen molar-refractivity contribution >= 4 is 10.0 Å². The number of aryl methyl sites for hydroxylation is 1. The Morgan fingerprint density at radius 1 is 1.50 bits per heavy atom. The highest BCUT2D eigenvalue weighted by Gasteiger charge is 2.18. The standard InChI is InChI=1S/C11H16FNO4S/c1-8-5-9(12)3-4-11(8)18(15,16)13-6-10(14)7-17-2/h3-5,10,13-14H,6-7H2,1-2H3. The van der Waals surface area contributed by atoms with E-state index in [9.17, 15) is 17.9 Å². The fourth-order valence-corrected chi connectivity index (χ4v) is 2.75. The molecule has 1 rings (SSSR count). The Morgan fingerprint density at radius 3 is 2.72 bits per heavy atom. The lowest BCUT2D eigenvalue weighted by molar-refractivity contribution is 0.0679. The Balaban J connectivity index is 2.80. The van der Waals surface area contributed by atoms with Crippen LogP contribution in [0.25, 0.3) is 0 Å². The van der Waals surface area contributed by atoms with Gasteiger partial charge in [0.15, 0.2) is 0 Å². The van der Waals surface area contributed by atoms with Crippen LogP contribution >= 0.6 is 0 Å². The van der Waals surface area contributed by atoms with E-state index in [0.717, 1.165) is 12.1 Å². The SMILES string of the molecule is COCC(O)CNS(=O)(=O)c1ccc(F)cc1C. The molecule has 0 fully saturated rings. The van der Waals surface area contributed by atoms with Gasteiger partial charge < -0.3 is 9.84 Å². The second-order valence-corrected chi connectivity index (χ2v) is 5.61. The Kier molecular flexibility index (Phi) is 5.21. The van der Waals surface area contributed by atoms with Gasteiger partial charge in [0, 0.05) is 13.7 Å². The van der Waals surface area contributed by atoms with Crippen LogP contribution in [0.2, 0.25) is 0 Å². The minimum absolute atomic E-state index is 0.00600. The molecule has 2 N–H and O–H groups in total. The minimum Gasteiger partial charge on any atom is -0.389 e. The van der Waals surface area contributed by atoms with Crippen LogP contribution in [0.1, 0.15) is 5.56 Å². The van der Waals surface area contributed by atoms with Crippen molar-refractivity contribution in [1.29, 1.82) is 0 Å². The highest BCUT2D eigenvalue weighted by molar-refractivity contribution is 7.89. The Hall–Kier alpha value is -1.02. The van der Waals surface area contributed by atoms with Crippen molar-refractivity contribution in [2.75, 3.05) is 20.3 Å².